The monoisotopic (exact) mass is 265 g/mol. The molecular weight excluding hydrogens is 238 g/mol. The fourth-order valence-electron chi connectivity index (χ4n) is 3.42. The highest BCUT2D eigenvalue weighted by molar-refractivity contribution is 5.86. The van der Waals surface area contributed by atoms with Gasteiger partial charge >= 0.3 is 0 Å². The Bertz CT molecular complexity index is 362. The van der Waals surface area contributed by atoms with Gasteiger partial charge in [-0.2, -0.15) is 0 Å². The van der Waals surface area contributed by atoms with Crippen LogP contribution < -0.4 is 0 Å². The number of carbonyl (C=O) groups is 2. The third-order valence-electron chi connectivity index (χ3n) is 5.09. The molecule has 0 spiro atoms. The molecule has 0 N–H and O–H groups in total. The van der Waals surface area contributed by atoms with Gasteiger partial charge in [-0.1, -0.05) is 27.2 Å². The van der Waals surface area contributed by atoms with Gasteiger partial charge in [0.1, 0.15) is 5.78 Å². The van der Waals surface area contributed by atoms with Gasteiger partial charge in [0.05, 0.1) is 0 Å². The van der Waals surface area contributed by atoms with Crippen LogP contribution in [0, 0.1) is 11.3 Å². The van der Waals surface area contributed by atoms with Crippen LogP contribution in [0.1, 0.15) is 65.7 Å². The zero-order chi connectivity index (χ0) is 14.0. The van der Waals surface area contributed by atoms with E-state index >= 15 is 0 Å². The van der Waals surface area contributed by atoms with Crippen LogP contribution in [-0.2, 0) is 9.59 Å². The zero-order valence-electron chi connectivity index (χ0n) is 12.6. The van der Waals surface area contributed by atoms with Crippen molar-refractivity contribution < 1.29 is 9.59 Å². The number of nitrogens with zero attached hydrogens (tertiary/aromatic N) is 1. The standard InChI is InChI=1S/C16H27NO2/c1-4-16(2,3)15(19)17-11-7-9-13(17)12-8-5-6-10-14(12)18/h12-13H,4-11H2,1-3H3. The highest BCUT2D eigenvalue weighted by atomic mass is 16.2. The third kappa shape index (κ3) is 2.85. The first-order valence-electron chi connectivity index (χ1n) is 7.81. The largest absolute Gasteiger partial charge is 0.339 e. The fraction of sp³-hybridized carbons (Fsp3) is 0.875. The Hall–Kier alpha value is -0.860. The van der Waals surface area contributed by atoms with E-state index in [1.165, 1.54) is 0 Å². The number of carbonyl (C=O) groups excluding carboxylic acids is 2. The Kier molecular flexibility index (Phi) is 4.32. The van der Waals surface area contributed by atoms with E-state index in [1.807, 2.05) is 18.7 Å². The van der Waals surface area contributed by atoms with E-state index < -0.39 is 0 Å². The second-order valence-electron chi connectivity index (χ2n) is 6.76. The lowest BCUT2D eigenvalue weighted by atomic mass is 9.80. The summed E-state index contributed by atoms with van der Waals surface area (Å²) in [5.74, 6) is 0.758. The lowest BCUT2D eigenvalue weighted by Gasteiger charge is -2.37. The Labute approximate surface area is 116 Å². The Morgan fingerprint density at radius 3 is 2.63 bits per heavy atom. The number of rotatable bonds is 3. The maximum Gasteiger partial charge on any atom is 0.228 e. The van der Waals surface area contributed by atoms with Crippen molar-refractivity contribution in [2.75, 3.05) is 6.54 Å². The van der Waals surface area contributed by atoms with E-state index in [9.17, 15) is 9.59 Å². The Morgan fingerprint density at radius 1 is 1.26 bits per heavy atom. The molecule has 0 aromatic heterocycles. The van der Waals surface area contributed by atoms with Crippen LogP contribution >= 0.6 is 0 Å². The molecule has 19 heavy (non-hydrogen) atoms. The lowest BCUT2D eigenvalue weighted by molar-refractivity contribution is -0.143. The van der Waals surface area contributed by atoms with Gasteiger partial charge in [0.25, 0.3) is 0 Å². The molecule has 0 aromatic carbocycles. The van der Waals surface area contributed by atoms with Crippen molar-refractivity contribution in [3.8, 4) is 0 Å². The molecule has 1 aliphatic carbocycles. The summed E-state index contributed by atoms with van der Waals surface area (Å²) in [6.07, 6.45) is 6.82. The third-order valence-corrected chi connectivity index (χ3v) is 5.09. The van der Waals surface area contributed by atoms with Crippen LogP contribution in [-0.4, -0.2) is 29.2 Å². The number of ketones is 1. The van der Waals surface area contributed by atoms with Gasteiger partial charge in [-0.15, -0.1) is 0 Å². The second-order valence-corrected chi connectivity index (χ2v) is 6.76. The Balaban J connectivity index is 2.12. The first-order valence-corrected chi connectivity index (χ1v) is 7.81. The fourth-order valence-corrected chi connectivity index (χ4v) is 3.42. The summed E-state index contributed by atoms with van der Waals surface area (Å²) in [5.41, 5.74) is -0.291. The van der Waals surface area contributed by atoms with Gasteiger partial charge < -0.3 is 4.90 Å². The summed E-state index contributed by atoms with van der Waals surface area (Å²) in [4.78, 5) is 26.8. The zero-order valence-corrected chi connectivity index (χ0v) is 12.6. The van der Waals surface area contributed by atoms with Gasteiger partial charge in [0, 0.05) is 30.3 Å². The second kappa shape index (κ2) is 5.64. The minimum atomic E-state index is -0.291. The van der Waals surface area contributed by atoms with Crippen LogP contribution in [0.4, 0.5) is 0 Å². The number of Topliss-reactive ketones (excluding diaryl/α,β-unsaturated/α-hetero) is 1. The van der Waals surface area contributed by atoms with Gasteiger partial charge in [0.2, 0.25) is 5.91 Å². The summed E-state index contributed by atoms with van der Waals surface area (Å²) in [6, 6.07) is 0.186. The van der Waals surface area contributed by atoms with Crippen molar-refractivity contribution >= 4 is 11.7 Å². The molecule has 2 rings (SSSR count). The quantitative estimate of drug-likeness (QED) is 0.786. The molecule has 1 heterocycles. The van der Waals surface area contributed by atoms with Crippen LogP contribution in [0.15, 0.2) is 0 Å². The maximum absolute atomic E-state index is 12.7. The number of hydrogen-bond acceptors (Lipinski definition) is 2. The van der Waals surface area contributed by atoms with Gasteiger partial charge in [-0.25, -0.2) is 0 Å². The summed E-state index contributed by atoms with van der Waals surface area (Å²) in [6.45, 7) is 6.95. The number of hydrogen-bond donors (Lipinski definition) is 0. The topological polar surface area (TPSA) is 37.4 Å². The molecule has 1 saturated heterocycles. The lowest BCUT2D eigenvalue weighted by Crippen LogP contribution is -2.48. The van der Waals surface area contributed by atoms with Gasteiger partial charge in [0.15, 0.2) is 0 Å². The molecule has 0 bridgehead atoms. The summed E-state index contributed by atoms with van der Waals surface area (Å²) in [7, 11) is 0. The summed E-state index contributed by atoms with van der Waals surface area (Å²) < 4.78 is 0. The summed E-state index contributed by atoms with van der Waals surface area (Å²) >= 11 is 0. The van der Waals surface area contributed by atoms with Gasteiger partial charge in [-0.3, -0.25) is 9.59 Å². The molecule has 108 valence electrons. The van der Waals surface area contributed by atoms with E-state index in [4.69, 9.17) is 0 Å². The molecule has 2 atom stereocenters. The highest BCUT2D eigenvalue weighted by Gasteiger charge is 2.42. The molecule has 3 heteroatoms. The summed E-state index contributed by atoms with van der Waals surface area (Å²) in [5, 5.41) is 0. The van der Waals surface area contributed by atoms with E-state index in [-0.39, 0.29) is 23.3 Å². The SMILES string of the molecule is CCC(C)(C)C(=O)N1CCCC1C1CCCCC1=O. The van der Waals surface area contributed by atoms with Crippen molar-refractivity contribution in [3.05, 3.63) is 0 Å². The van der Waals surface area contributed by atoms with Crippen molar-refractivity contribution in [1.29, 1.82) is 0 Å². The average molecular weight is 265 g/mol. The molecule has 0 radical (unpaired) electrons. The minimum Gasteiger partial charge on any atom is -0.339 e. The van der Waals surface area contributed by atoms with Crippen molar-refractivity contribution in [3.63, 3.8) is 0 Å². The van der Waals surface area contributed by atoms with Crippen molar-refractivity contribution in [1.82, 2.24) is 4.90 Å². The molecule has 0 aromatic rings. The molecule has 3 nitrogen and oxygen atoms in total. The molecular formula is C16H27NO2. The predicted octanol–water partition coefficient (Wildman–Crippen LogP) is 3.17. The molecule has 2 aliphatic rings. The normalized spacial score (nSPS) is 28.8. The average Bonchev–Trinajstić information content (AvgIpc) is 2.87. The smallest absolute Gasteiger partial charge is 0.228 e. The van der Waals surface area contributed by atoms with E-state index in [2.05, 4.69) is 6.92 Å². The van der Waals surface area contributed by atoms with Crippen LogP contribution in [0.2, 0.25) is 0 Å². The van der Waals surface area contributed by atoms with Crippen LogP contribution in [0.3, 0.4) is 0 Å². The number of likely N-dealkylation sites (tertiary alicyclic amines) is 1. The molecule has 1 aliphatic heterocycles. The minimum absolute atomic E-state index is 0.118. The van der Waals surface area contributed by atoms with Crippen LogP contribution in [0.5, 0.6) is 0 Å². The Morgan fingerprint density at radius 2 is 2.00 bits per heavy atom. The van der Waals surface area contributed by atoms with Crippen molar-refractivity contribution in [2.24, 2.45) is 11.3 Å². The van der Waals surface area contributed by atoms with Gasteiger partial charge in [-0.05, 0) is 32.1 Å². The first kappa shape index (κ1) is 14.5. The molecule has 2 unspecified atom stereocenters. The van der Waals surface area contributed by atoms with Crippen LogP contribution in [0.25, 0.3) is 0 Å². The number of amides is 1. The molecule has 2 fully saturated rings. The maximum atomic E-state index is 12.7. The van der Waals surface area contributed by atoms with E-state index in [0.717, 1.165) is 51.5 Å². The molecule has 1 saturated carbocycles. The van der Waals surface area contributed by atoms with E-state index in [0.29, 0.717) is 5.78 Å². The molecule has 1 amide bonds. The highest BCUT2D eigenvalue weighted by Crippen LogP contribution is 2.35. The predicted molar refractivity (Wildman–Crippen MR) is 75.8 cm³/mol. The van der Waals surface area contributed by atoms with E-state index in [1.54, 1.807) is 0 Å². The van der Waals surface area contributed by atoms with Crippen molar-refractivity contribution in [2.45, 2.75) is 71.8 Å². The first-order chi connectivity index (χ1) is 8.97.